The van der Waals surface area contributed by atoms with E-state index in [1.54, 1.807) is 19.6 Å². The number of imidazole rings is 1. The summed E-state index contributed by atoms with van der Waals surface area (Å²) in [6, 6.07) is 8.09. The second-order valence-corrected chi connectivity index (χ2v) is 8.73. The van der Waals surface area contributed by atoms with Crippen LogP contribution in [0.1, 0.15) is 49.4 Å². The van der Waals surface area contributed by atoms with Gasteiger partial charge < -0.3 is 15.0 Å². The summed E-state index contributed by atoms with van der Waals surface area (Å²) in [7, 11) is 1.66. The molecule has 1 aliphatic heterocycles. The molecule has 3 aromatic rings. The van der Waals surface area contributed by atoms with Crippen LogP contribution in [-0.4, -0.2) is 51.7 Å². The minimum atomic E-state index is 0.0819. The average molecular weight is 463 g/mol. The first kappa shape index (κ1) is 23.7. The van der Waals surface area contributed by atoms with Gasteiger partial charge in [-0.05, 0) is 56.7 Å². The number of amides is 1. The Morgan fingerprint density at radius 2 is 2.15 bits per heavy atom. The van der Waals surface area contributed by atoms with E-state index in [2.05, 4.69) is 28.2 Å². The minimum Gasteiger partial charge on any atom is -0.497 e. The van der Waals surface area contributed by atoms with Gasteiger partial charge in [0.15, 0.2) is 0 Å². The lowest BCUT2D eigenvalue weighted by Gasteiger charge is -2.37. The Bertz CT molecular complexity index is 1100. The standard InChI is InChI=1S/C26H34N6O2/c1-4-23-19(2)29-26(31-15-13-27-18-31)30-25(23)32-14-6-5-9-21(32)17-24(33)28-12-11-20-8-7-10-22(16-20)34-3/h7-8,10,13,15-16,18,21H,4-6,9,11-12,14,17H2,1-3H3,(H,28,33). The van der Waals surface area contributed by atoms with Crippen LogP contribution in [0, 0.1) is 6.92 Å². The van der Waals surface area contributed by atoms with E-state index in [0.717, 1.165) is 67.0 Å². The Morgan fingerprint density at radius 1 is 1.26 bits per heavy atom. The Hall–Kier alpha value is -3.42. The summed E-state index contributed by atoms with van der Waals surface area (Å²) >= 11 is 0. The molecule has 4 rings (SSSR count). The lowest BCUT2D eigenvalue weighted by molar-refractivity contribution is -0.121. The maximum atomic E-state index is 12.9. The number of benzene rings is 1. The largest absolute Gasteiger partial charge is 0.497 e. The van der Waals surface area contributed by atoms with Crippen molar-refractivity contribution in [1.29, 1.82) is 0 Å². The molecular weight excluding hydrogens is 428 g/mol. The van der Waals surface area contributed by atoms with E-state index >= 15 is 0 Å². The Balaban J connectivity index is 1.45. The first-order valence-corrected chi connectivity index (χ1v) is 12.1. The third-order valence-corrected chi connectivity index (χ3v) is 6.46. The number of aromatic nitrogens is 4. The normalized spacial score (nSPS) is 15.9. The highest BCUT2D eigenvalue weighted by atomic mass is 16.5. The maximum absolute atomic E-state index is 12.9. The average Bonchev–Trinajstić information content (AvgIpc) is 3.39. The van der Waals surface area contributed by atoms with Crippen LogP contribution in [0.2, 0.25) is 0 Å². The van der Waals surface area contributed by atoms with Crippen molar-refractivity contribution in [2.24, 2.45) is 0 Å². The molecule has 1 amide bonds. The first-order valence-electron chi connectivity index (χ1n) is 12.1. The van der Waals surface area contributed by atoms with E-state index in [-0.39, 0.29) is 11.9 Å². The quantitative estimate of drug-likeness (QED) is 0.523. The second kappa shape index (κ2) is 11.1. The van der Waals surface area contributed by atoms with Crippen molar-refractivity contribution in [3.63, 3.8) is 0 Å². The number of ether oxygens (including phenoxy) is 1. The van der Waals surface area contributed by atoms with Gasteiger partial charge in [-0.15, -0.1) is 0 Å². The molecule has 1 saturated heterocycles. The van der Waals surface area contributed by atoms with Crippen LogP contribution in [0.15, 0.2) is 43.0 Å². The van der Waals surface area contributed by atoms with Crippen LogP contribution >= 0.6 is 0 Å². The van der Waals surface area contributed by atoms with E-state index in [4.69, 9.17) is 14.7 Å². The number of piperidine rings is 1. The maximum Gasteiger partial charge on any atom is 0.237 e. The van der Waals surface area contributed by atoms with E-state index < -0.39 is 0 Å². The second-order valence-electron chi connectivity index (χ2n) is 8.73. The number of methoxy groups -OCH3 is 1. The Kier molecular flexibility index (Phi) is 7.77. The van der Waals surface area contributed by atoms with Gasteiger partial charge in [0.25, 0.3) is 0 Å². The molecule has 180 valence electrons. The van der Waals surface area contributed by atoms with Crippen LogP contribution in [-0.2, 0) is 17.6 Å². The predicted octanol–water partition coefficient (Wildman–Crippen LogP) is 3.65. The van der Waals surface area contributed by atoms with Gasteiger partial charge in [-0.25, -0.2) is 9.97 Å². The van der Waals surface area contributed by atoms with Gasteiger partial charge >= 0.3 is 0 Å². The molecule has 3 heterocycles. The smallest absolute Gasteiger partial charge is 0.237 e. The topological polar surface area (TPSA) is 85.2 Å². The predicted molar refractivity (Wildman–Crippen MR) is 133 cm³/mol. The van der Waals surface area contributed by atoms with Gasteiger partial charge in [0.05, 0.1) is 7.11 Å². The molecule has 0 bridgehead atoms. The highest BCUT2D eigenvalue weighted by Gasteiger charge is 2.28. The minimum absolute atomic E-state index is 0.0819. The fourth-order valence-electron chi connectivity index (χ4n) is 4.66. The van der Waals surface area contributed by atoms with E-state index in [1.807, 2.05) is 35.9 Å². The van der Waals surface area contributed by atoms with Gasteiger partial charge in [-0.3, -0.25) is 9.36 Å². The molecule has 2 aromatic heterocycles. The van der Waals surface area contributed by atoms with Gasteiger partial charge in [-0.2, -0.15) is 4.98 Å². The molecule has 1 fully saturated rings. The van der Waals surface area contributed by atoms with Gasteiger partial charge in [-0.1, -0.05) is 19.1 Å². The number of carbonyl (C=O) groups excluding carboxylic acids is 1. The van der Waals surface area contributed by atoms with Gasteiger partial charge in [0.2, 0.25) is 11.9 Å². The monoisotopic (exact) mass is 462 g/mol. The van der Waals surface area contributed by atoms with Crippen molar-refractivity contribution in [1.82, 2.24) is 24.8 Å². The molecule has 1 atom stereocenters. The summed E-state index contributed by atoms with van der Waals surface area (Å²) in [5.41, 5.74) is 3.27. The summed E-state index contributed by atoms with van der Waals surface area (Å²) in [6.45, 7) is 5.68. The number of aryl methyl sites for hydroxylation is 1. The van der Waals surface area contributed by atoms with Crippen molar-refractivity contribution in [3.8, 4) is 11.7 Å². The third kappa shape index (κ3) is 5.55. The van der Waals surface area contributed by atoms with E-state index in [1.165, 1.54) is 0 Å². The zero-order chi connectivity index (χ0) is 23.9. The number of nitrogens with one attached hydrogen (secondary N) is 1. The first-order chi connectivity index (χ1) is 16.6. The number of anilines is 1. The van der Waals surface area contributed by atoms with Crippen LogP contribution < -0.4 is 15.0 Å². The highest BCUT2D eigenvalue weighted by molar-refractivity contribution is 5.77. The van der Waals surface area contributed by atoms with Crippen molar-refractivity contribution in [2.75, 3.05) is 25.1 Å². The van der Waals surface area contributed by atoms with Crippen LogP contribution in [0.5, 0.6) is 5.75 Å². The van der Waals surface area contributed by atoms with Gasteiger partial charge in [0, 0.05) is 49.2 Å². The molecule has 8 nitrogen and oxygen atoms in total. The molecule has 0 aliphatic carbocycles. The highest BCUT2D eigenvalue weighted by Crippen LogP contribution is 2.30. The third-order valence-electron chi connectivity index (χ3n) is 6.46. The van der Waals surface area contributed by atoms with Gasteiger partial charge in [0.1, 0.15) is 17.9 Å². The van der Waals surface area contributed by atoms with Crippen LogP contribution in [0.25, 0.3) is 5.95 Å². The summed E-state index contributed by atoms with van der Waals surface area (Å²) in [6.07, 6.45) is 10.6. The zero-order valence-corrected chi connectivity index (χ0v) is 20.3. The molecule has 34 heavy (non-hydrogen) atoms. The lowest BCUT2D eigenvalue weighted by atomic mass is 9.97. The molecule has 1 aliphatic rings. The molecule has 8 heteroatoms. The number of hydrogen-bond acceptors (Lipinski definition) is 6. The van der Waals surface area contributed by atoms with Crippen LogP contribution in [0.4, 0.5) is 5.82 Å². The SMILES string of the molecule is CCc1c(C)nc(-n2ccnc2)nc1N1CCCCC1CC(=O)NCCc1cccc(OC)c1. The summed E-state index contributed by atoms with van der Waals surface area (Å²) < 4.78 is 7.12. The Labute approximate surface area is 201 Å². The Morgan fingerprint density at radius 3 is 2.91 bits per heavy atom. The number of rotatable bonds is 9. The van der Waals surface area contributed by atoms with Crippen molar-refractivity contribution >= 4 is 11.7 Å². The summed E-state index contributed by atoms with van der Waals surface area (Å²) in [5, 5.41) is 3.11. The van der Waals surface area contributed by atoms with Crippen molar-refractivity contribution in [3.05, 3.63) is 59.8 Å². The zero-order valence-electron chi connectivity index (χ0n) is 20.3. The fraction of sp³-hybridized carbons (Fsp3) is 0.462. The van der Waals surface area contributed by atoms with E-state index in [0.29, 0.717) is 18.9 Å². The number of nitrogens with zero attached hydrogens (tertiary/aromatic N) is 5. The van der Waals surface area contributed by atoms with Crippen molar-refractivity contribution in [2.45, 2.75) is 58.4 Å². The van der Waals surface area contributed by atoms with Crippen molar-refractivity contribution < 1.29 is 9.53 Å². The summed E-state index contributed by atoms with van der Waals surface area (Å²) in [4.78, 5) is 29.0. The number of hydrogen-bond donors (Lipinski definition) is 1. The molecule has 0 saturated carbocycles. The molecule has 1 N–H and O–H groups in total. The molecule has 1 aromatic carbocycles. The molecule has 0 radical (unpaired) electrons. The van der Waals surface area contributed by atoms with Crippen LogP contribution in [0.3, 0.4) is 0 Å². The molecule has 0 spiro atoms. The van der Waals surface area contributed by atoms with E-state index in [9.17, 15) is 4.79 Å². The number of carbonyl (C=O) groups is 1. The fourth-order valence-corrected chi connectivity index (χ4v) is 4.66. The summed E-state index contributed by atoms with van der Waals surface area (Å²) in [5.74, 6) is 2.49. The molecule has 1 unspecified atom stereocenters. The lowest BCUT2D eigenvalue weighted by Crippen LogP contribution is -2.44. The molecular formula is C26H34N6O2.